The van der Waals surface area contributed by atoms with Crippen LogP contribution in [0.25, 0.3) is 0 Å². The van der Waals surface area contributed by atoms with Crippen LogP contribution in [-0.4, -0.2) is 46.3 Å². The first kappa shape index (κ1) is 16.5. The van der Waals surface area contributed by atoms with Gasteiger partial charge in [0, 0.05) is 0 Å². The summed E-state index contributed by atoms with van der Waals surface area (Å²) in [5.41, 5.74) is 8.61. The van der Waals surface area contributed by atoms with Crippen molar-refractivity contribution in [3.05, 3.63) is 17.3 Å². The van der Waals surface area contributed by atoms with Crippen LogP contribution in [0.2, 0.25) is 14.8 Å². The van der Waals surface area contributed by atoms with Crippen LogP contribution in [0, 0.1) is 12.3 Å². The molecule has 4 N–H and O–H groups in total. The Hall–Kier alpha value is -0.821. The Morgan fingerprint density at radius 1 is 1.38 bits per heavy atom. The zero-order chi connectivity index (χ0) is 15.6. The van der Waals surface area contributed by atoms with Crippen molar-refractivity contribution in [2.24, 2.45) is 0 Å². The molecule has 0 atom stereocenters. The molecule has 0 bridgehead atoms. The van der Waals surface area contributed by atoms with Gasteiger partial charge in [0.05, 0.1) is 0 Å². The minimum absolute atomic E-state index is 0.356. The van der Waals surface area contributed by atoms with Crippen LogP contribution in [0.1, 0.15) is 24.1 Å². The number of rotatable bonds is 4. The van der Waals surface area contributed by atoms with Gasteiger partial charge in [0.1, 0.15) is 0 Å². The van der Waals surface area contributed by atoms with Crippen LogP contribution in [0.15, 0.2) is 6.07 Å². The molecule has 6 heteroatoms. The fourth-order valence-electron chi connectivity index (χ4n) is 2.48. The average molecular weight is 397 g/mol. The fraction of sp³-hybridized carbons (Fsp3) is 0.600. The van der Waals surface area contributed by atoms with Crippen LogP contribution in [0.3, 0.4) is 0 Å². The maximum atomic E-state index is 8.56. The third-order valence-electron chi connectivity index (χ3n) is 3.74. The van der Waals surface area contributed by atoms with Crippen molar-refractivity contribution in [3.8, 4) is 0 Å². The first-order chi connectivity index (χ1) is 9.79. The quantitative estimate of drug-likeness (QED) is 0.539. The van der Waals surface area contributed by atoms with E-state index in [1.165, 1.54) is 0 Å². The molecule has 1 aromatic heterocycles. The molecular formula is C15H26N4OSn. The molecule has 1 fully saturated rings. The molecule has 21 heavy (non-hydrogen) atoms. The van der Waals surface area contributed by atoms with Gasteiger partial charge in [0.2, 0.25) is 0 Å². The molecule has 116 valence electrons. The molecule has 1 saturated heterocycles. The summed E-state index contributed by atoms with van der Waals surface area (Å²) in [4.78, 5) is 11.3. The summed E-state index contributed by atoms with van der Waals surface area (Å²) in [5.74, 6) is 0.788. The molecule has 0 saturated carbocycles. The zero-order valence-electron chi connectivity index (χ0n) is 13.4. The summed E-state index contributed by atoms with van der Waals surface area (Å²) < 4.78 is 6.13. The van der Waals surface area contributed by atoms with Crippen molar-refractivity contribution in [2.45, 2.75) is 40.6 Å². The van der Waals surface area contributed by atoms with Crippen molar-refractivity contribution in [3.63, 3.8) is 0 Å². The van der Waals surface area contributed by atoms with Crippen molar-refractivity contribution >= 4 is 33.6 Å². The van der Waals surface area contributed by atoms with Gasteiger partial charge in [-0.3, -0.25) is 0 Å². The minimum atomic E-state index is -2.51. The number of nitrogen functional groups attached to an aromatic ring is 1. The average Bonchev–Trinajstić information content (AvgIpc) is 2.37. The first-order valence-corrected chi connectivity index (χ1v) is 17.5. The van der Waals surface area contributed by atoms with Gasteiger partial charge in [-0.15, -0.1) is 0 Å². The monoisotopic (exact) mass is 398 g/mol. The molecule has 2 heterocycles. The molecule has 2 rings (SSSR count). The van der Waals surface area contributed by atoms with Gasteiger partial charge in [-0.1, -0.05) is 0 Å². The van der Waals surface area contributed by atoms with Gasteiger partial charge in [-0.2, -0.15) is 0 Å². The Balaban J connectivity index is 2.36. The SMILES string of the molecule is Cc1cc(N)c([C](=N)[Sn]([CH3])([CH3])[CH3])c(NC2CCOCC2)n1. The van der Waals surface area contributed by atoms with E-state index in [1.807, 2.05) is 13.0 Å². The number of nitrogens with one attached hydrogen (secondary N) is 2. The second-order valence-electron chi connectivity index (χ2n) is 6.73. The Kier molecular flexibility index (Phi) is 5.14. The Labute approximate surface area is 131 Å². The molecule has 5 nitrogen and oxygen atoms in total. The molecule has 0 aromatic carbocycles. The normalized spacial score (nSPS) is 16.8. The van der Waals surface area contributed by atoms with Gasteiger partial charge >= 0.3 is 131 Å². The van der Waals surface area contributed by atoms with Crippen LogP contribution >= 0.6 is 0 Å². The van der Waals surface area contributed by atoms with E-state index in [9.17, 15) is 0 Å². The number of anilines is 2. The van der Waals surface area contributed by atoms with Crippen molar-refractivity contribution in [2.75, 3.05) is 24.3 Å². The molecule has 0 aliphatic carbocycles. The molecule has 0 amide bonds. The van der Waals surface area contributed by atoms with E-state index in [4.69, 9.17) is 15.9 Å². The number of aryl methyl sites for hydroxylation is 1. The Morgan fingerprint density at radius 2 is 2.00 bits per heavy atom. The molecular weight excluding hydrogens is 371 g/mol. The van der Waals surface area contributed by atoms with E-state index in [2.05, 4.69) is 25.1 Å². The summed E-state index contributed by atoms with van der Waals surface area (Å²) in [5, 5.41) is 12.1. The fourth-order valence-corrected chi connectivity index (χ4v) is 5.37. The summed E-state index contributed by atoms with van der Waals surface area (Å²) in [6.07, 6.45) is 1.95. The summed E-state index contributed by atoms with van der Waals surface area (Å²) in [7, 11) is 0. The number of pyridine rings is 1. The van der Waals surface area contributed by atoms with E-state index >= 15 is 0 Å². The number of hydrogen-bond donors (Lipinski definition) is 3. The number of nitrogens with zero attached hydrogens (tertiary/aromatic N) is 1. The number of hydrogen-bond acceptors (Lipinski definition) is 5. The topological polar surface area (TPSA) is 84.0 Å². The molecule has 1 aromatic rings. The van der Waals surface area contributed by atoms with Crippen LogP contribution in [0.4, 0.5) is 11.5 Å². The van der Waals surface area contributed by atoms with E-state index in [0.717, 1.165) is 46.9 Å². The summed E-state index contributed by atoms with van der Waals surface area (Å²) in [6.45, 7) is 3.51. The van der Waals surface area contributed by atoms with Crippen molar-refractivity contribution < 1.29 is 4.74 Å². The summed E-state index contributed by atoms with van der Waals surface area (Å²) >= 11 is -2.51. The zero-order valence-corrected chi connectivity index (χ0v) is 16.3. The second-order valence-corrected chi connectivity index (χ2v) is 21.0. The predicted octanol–water partition coefficient (Wildman–Crippen LogP) is 2.81. The standard InChI is InChI=1S/C12H17N4O.3CH3.Sn/c1-8-6-11(14)10(7-13)12(15-8)16-9-2-4-17-5-3-9;;;;/h6,9,13H,2-5H2,1H3,(H3,14,15,16);3*1H3;. The van der Waals surface area contributed by atoms with Gasteiger partial charge in [-0.25, -0.2) is 0 Å². The molecule has 0 radical (unpaired) electrons. The van der Waals surface area contributed by atoms with Gasteiger partial charge in [-0.05, 0) is 0 Å². The molecule has 1 aliphatic rings. The number of ether oxygens (including phenoxy) is 1. The number of aromatic nitrogens is 1. The van der Waals surface area contributed by atoms with E-state index in [1.54, 1.807) is 0 Å². The Morgan fingerprint density at radius 3 is 2.57 bits per heavy atom. The maximum absolute atomic E-state index is 8.56. The van der Waals surface area contributed by atoms with Gasteiger partial charge in [0.15, 0.2) is 0 Å². The predicted molar refractivity (Wildman–Crippen MR) is 91.0 cm³/mol. The Bertz CT molecular complexity index is 533. The van der Waals surface area contributed by atoms with Crippen molar-refractivity contribution in [1.29, 1.82) is 5.41 Å². The molecule has 0 unspecified atom stereocenters. The first-order valence-electron chi connectivity index (χ1n) is 7.50. The van der Waals surface area contributed by atoms with E-state index in [0.29, 0.717) is 11.7 Å². The molecule has 0 spiro atoms. The van der Waals surface area contributed by atoms with Crippen molar-refractivity contribution in [1.82, 2.24) is 4.98 Å². The van der Waals surface area contributed by atoms with Crippen LogP contribution < -0.4 is 11.1 Å². The molecule has 1 aliphatic heterocycles. The van der Waals surface area contributed by atoms with E-state index < -0.39 is 18.4 Å². The van der Waals surface area contributed by atoms with Crippen LogP contribution in [0.5, 0.6) is 0 Å². The van der Waals surface area contributed by atoms with Gasteiger partial charge < -0.3 is 0 Å². The van der Waals surface area contributed by atoms with Crippen LogP contribution in [-0.2, 0) is 4.74 Å². The van der Waals surface area contributed by atoms with E-state index in [-0.39, 0.29) is 0 Å². The third-order valence-corrected chi connectivity index (χ3v) is 8.73. The van der Waals surface area contributed by atoms with Gasteiger partial charge in [0.25, 0.3) is 0 Å². The second kappa shape index (κ2) is 6.52. The third kappa shape index (κ3) is 4.09. The summed E-state index contributed by atoms with van der Waals surface area (Å²) in [6, 6.07) is 2.23. The number of nitrogens with two attached hydrogens (primary N) is 1.